The summed E-state index contributed by atoms with van der Waals surface area (Å²) >= 11 is 1.08. The van der Waals surface area contributed by atoms with Crippen LogP contribution in [0.5, 0.6) is 0 Å². The maximum Gasteiger partial charge on any atom is 0.318 e. The maximum atomic E-state index is 13.3. The van der Waals surface area contributed by atoms with Crippen molar-refractivity contribution in [3.05, 3.63) is 39.8 Å². The predicted octanol–water partition coefficient (Wildman–Crippen LogP) is 3.71. The lowest BCUT2D eigenvalue weighted by Crippen LogP contribution is -2.48. The van der Waals surface area contributed by atoms with E-state index in [9.17, 15) is 18.4 Å². The lowest BCUT2D eigenvalue weighted by Gasteiger charge is -2.28. The molecule has 28 heavy (non-hydrogen) atoms. The summed E-state index contributed by atoms with van der Waals surface area (Å²) in [6, 6.07) is 2.65. The molecule has 10 heteroatoms. The summed E-state index contributed by atoms with van der Waals surface area (Å²) in [5.41, 5.74) is -0.242. The van der Waals surface area contributed by atoms with Gasteiger partial charge in [0.2, 0.25) is 5.01 Å². The molecule has 150 valence electrons. The van der Waals surface area contributed by atoms with Crippen molar-refractivity contribution in [1.29, 1.82) is 0 Å². The smallest absolute Gasteiger partial charge is 0.318 e. The number of halogens is 2. The highest BCUT2D eigenvalue weighted by molar-refractivity contribution is 7.13. The summed E-state index contributed by atoms with van der Waals surface area (Å²) in [5, 5.41) is 14.0. The standard InChI is InChI=1S/C18H21F2N5O2S/c1-18(2,3)22-17(27)25-8-4-5-13(25)15-23-24-16(28-15)14(26)21-10-6-7-11(19)12(20)9-10/h6-7,9,13H,4-5,8H2,1-3H3,(H,21,26)(H,22,27). The molecule has 0 bridgehead atoms. The third-order valence-electron chi connectivity index (χ3n) is 4.09. The highest BCUT2D eigenvalue weighted by atomic mass is 32.1. The van der Waals surface area contributed by atoms with Crippen LogP contribution in [0.2, 0.25) is 0 Å². The van der Waals surface area contributed by atoms with Gasteiger partial charge in [0.1, 0.15) is 5.01 Å². The van der Waals surface area contributed by atoms with E-state index in [-0.39, 0.29) is 28.3 Å². The number of carbonyl (C=O) groups is 2. The number of hydrogen-bond acceptors (Lipinski definition) is 5. The third-order valence-corrected chi connectivity index (χ3v) is 5.12. The average molecular weight is 409 g/mol. The molecule has 7 nitrogen and oxygen atoms in total. The fourth-order valence-electron chi connectivity index (χ4n) is 2.88. The molecular weight excluding hydrogens is 388 g/mol. The van der Waals surface area contributed by atoms with Crippen LogP contribution >= 0.6 is 11.3 Å². The van der Waals surface area contributed by atoms with Crippen LogP contribution in [0.25, 0.3) is 0 Å². The Morgan fingerprint density at radius 1 is 1.21 bits per heavy atom. The first-order valence-corrected chi connectivity index (χ1v) is 9.64. The van der Waals surface area contributed by atoms with Crippen LogP contribution in [-0.2, 0) is 0 Å². The quantitative estimate of drug-likeness (QED) is 0.809. The van der Waals surface area contributed by atoms with E-state index in [0.717, 1.165) is 36.3 Å². The van der Waals surface area contributed by atoms with E-state index in [4.69, 9.17) is 0 Å². The highest BCUT2D eigenvalue weighted by Crippen LogP contribution is 2.34. The molecule has 3 amide bonds. The van der Waals surface area contributed by atoms with Crippen LogP contribution in [0, 0.1) is 11.6 Å². The van der Waals surface area contributed by atoms with E-state index in [0.29, 0.717) is 11.6 Å². The first-order chi connectivity index (χ1) is 13.1. The molecule has 0 saturated carbocycles. The van der Waals surface area contributed by atoms with Crippen molar-refractivity contribution in [3.8, 4) is 0 Å². The molecule has 1 saturated heterocycles. The van der Waals surface area contributed by atoms with Crippen LogP contribution < -0.4 is 10.6 Å². The normalized spacial score (nSPS) is 16.9. The zero-order valence-electron chi connectivity index (χ0n) is 15.8. The zero-order valence-corrected chi connectivity index (χ0v) is 16.6. The number of hydrogen-bond donors (Lipinski definition) is 2. The number of nitrogens with zero attached hydrogens (tertiary/aromatic N) is 3. The number of carbonyl (C=O) groups excluding carboxylic acids is 2. The second kappa shape index (κ2) is 7.78. The summed E-state index contributed by atoms with van der Waals surface area (Å²) in [5.74, 6) is -2.62. The second-order valence-electron chi connectivity index (χ2n) is 7.56. The Kier molecular flexibility index (Phi) is 5.59. The summed E-state index contributed by atoms with van der Waals surface area (Å²) in [4.78, 5) is 26.5. The van der Waals surface area contributed by atoms with Crippen molar-refractivity contribution >= 4 is 29.0 Å². The van der Waals surface area contributed by atoms with Crippen LogP contribution in [0.4, 0.5) is 19.3 Å². The van der Waals surface area contributed by atoms with Gasteiger partial charge >= 0.3 is 6.03 Å². The number of amides is 3. The average Bonchev–Trinajstić information content (AvgIpc) is 3.25. The van der Waals surface area contributed by atoms with Gasteiger partial charge in [0.15, 0.2) is 11.6 Å². The SMILES string of the molecule is CC(C)(C)NC(=O)N1CCCC1c1nnc(C(=O)Nc2ccc(F)c(F)c2)s1. The van der Waals surface area contributed by atoms with Crippen LogP contribution in [-0.4, -0.2) is 39.1 Å². The van der Waals surface area contributed by atoms with Gasteiger partial charge < -0.3 is 15.5 Å². The topological polar surface area (TPSA) is 87.2 Å². The van der Waals surface area contributed by atoms with Crippen molar-refractivity contribution in [2.75, 3.05) is 11.9 Å². The number of aromatic nitrogens is 2. The largest absolute Gasteiger partial charge is 0.333 e. The van der Waals surface area contributed by atoms with E-state index < -0.39 is 17.5 Å². The van der Waals surface area contributed by atoms with Gasteiger partial charge in [-0.15, -0.1) is 10.2 Å². The minimum Gasteiger partial charge on any atom is -0.333 e. The molecule has 1 aromatic carbocycles. The Hall–Kier alpha value is -2.62. The van der Waals surface area contributed by atoms with E-state index in [2.05, 4.69) is 20.8 Å². The molecule has 1 unspecified atom stereocenters. The first-order valence-electron chi connectivity index (χ1n) is 8.82. The van der Waals surface area contributed by atoms with Crippen molar-refractivity contribution in [1.82, 2.24) is 20.4 Å². The molecule has 2 aromatic rings. The van der Waals surface area contributed by atoms with E-state index >= 15 is 0 Å². The lowest BCUT2D eigenvalue weighted by molar-refractivity contribution is 0.102. The van der Waals surface area contributed by atoms with E-state index in [1.54, 1.807) is 4.90 Å². The Morgan fingerprint density at radius 3 is 2.64 bits per heavy atom. The molecule has 2 N–H and O–H groups in total. The predicted molar refractivity (Wildman–Crippen MR) is 101 cm³/mol. The zero-order chi connectivity index (χ0) is 20.5. The van der Waals surface area contributed by atoms with Crippen molar-refractivity contribution in [2.24, 2.45) is 0 Å². The Balaban J connectivity index is 1.71. The first kappa shape index (κ1) is 20.1. The molecule has 1 aromatic heterocycles. The third kappa shape index (κ3) is 4.61. The molecule has 1 aliphatic heterocycles. The molecular formula is C18H21F2N5O2S. The van der Waals surface area contributed by atoms with Crippen LogP contribution in [0.3, 0.4) is 0 Å². The molecule has 1 atom stereocenters. The van der Waals surface area contributed by atoms with Gasteiger partial charge in [-0.25, -0.2) is 13.6 Å². The van der Waals surface area contributed by atoms with Gasteiger partial charge in [0.25, 0.3) is 5.91 Å². The van der Waals surface area contributed by atoms with Gasteiger partial charge in [-0.1, -0.05) is 11.3 Å². The number of anilines is 1. The van der Waals surface area contributed by atoms with Gasteiger partial charge in [0, 0.05) is 23.8 Å². The molecule has 3 rings (SSSR count). The number of likely N-dealkylation sites (tertiary alicyclic amines) is 1. The van der Waals surface area contributed by atoms with Crippen molar-refractivity contribution < 1.29 is 18.4 Å². The Morgan fingerprint density at radius 2 is 1.96 bits per heavy atom. The lowest BCUT2D eigenvalue weighted by atomic mass is 10.1. The maximum absolute atomic E-state index is 13.3. The van der Waals surface area contributed by atoms with Crippen LogP contribution in [0.15, 0.2) is 18.2 Å². The fraction of sp³-hybridized carbons (Fsp3) is 0.444. The number of rotatable bonds is 3. The van der Waals surface area contributed by atoms with Gasteiger partial charge in [0.05, 0.1) is 6.04 Å². The Labute approximate surface area is 165 Å². The van der Waals surface area contributed by atoms with E-state index in [1.165, 1.54) is 6.07 Å². The summed E-state index contributed by atoms with van der Waals surface area (Å²) in [7, 11) is 0. The monoisotopic (exact) mass is 409 g/mol. The summed E-state index contributed by atoms with van der Waals surface area (Å²) < 4.78 is 26.3. The van der Waals surface area contributed by atoms with Crippen molar-refractivity contribution in [2.45, 2.75) is 45.2 Å². The Bertz CT molecular complexity index is 896. The second-order valence-corrected chi connectivity index (χ2v) is 8.57. The highest BCUT2D eigenvalue weighted by Gasteiger charge is 2.34. The molecule has 0 spiro atoms. The minimum atomic E-state index is -1.05. The van der Waals surface area contributed by atoms with Gasteiger partial charge in [-0.05, 0) is 45.7 Å². The van der Waals surface area contributed by atoms with Crippen LogP contribution in [0.1, 0.15) is 54.5 Å². The molecule has 1 fully saturated rings. The fourth-order valence-corrected chi connectivity index (χ4v) is 3.76. The summed E-state index contributed by atoms with van der Waals surface area (Å²) in [6.07, 6.45) is 1.56. The van der Waals surface area contributed by atoms with E-state index in [1.807, 2.05) is 20.8 Å². The van der Waals surface area contributed by atoms with Crippen molar-refractivity contribution in [3.63, 3.8) is 0 Å². The summed E-state index contributed by atoms with van der Waals surface area (Å²) in [6.45, 7) is 6.31. The molecule has 0 radical (unpaired) electrons. The molecule has 2 heterocycles. The number of nitrogens with one attached hydrogen (secondary N) is 2. The van der Waals surface area contributed by atoms with Gasteiger partial charge in [-0.2, -0.15) is 0 Å². The molecule has 0 aliphatic carbocycles. The number of urea groups is 1. The van der Waals surface area contributed by atoms with Gasteiger partial charge in [-0.3, -0.25) is 4.79 Å². The molecule has 1 aliphatic rings. The minimum absolute atomic E-state index is 0.0859. The number of benzene rings is 1.